The molecular weight excluding hydrogens is 416 g/mol. The van der Waals surface area contributed by atoms with Crippen LogP contribution in [0.2, 0.25) is 0 Å². The van der Waals surface area contributed by atoms with Crippen molar-refractivity contribution >= 4 is 21.6 Å². The first-order valence-electron chi connectivity index (χ1n) is 10.5. The molecule has 2 aliphatic rings. The standard InChI is InChI=1S/C23H28N2O5S/c1-17-7-8-20(21(13-17)29-15-18-5-3-2-4-6-18)25-22(26)24-19-9-11-30-23(14-19)10-12-31(27,28)16-23/h2-8,13,19H,9-12,14-16H2,1H3,(H2,24,25,26)/t19-,23+/m1/s1. The van der Waals surface area contributed by atoms with Crippen LogP contribution in [-0.2, 0) is 21.2 Å². The molecule has 0 aliphatic carbocycles. The van der Waals surface area contributed by atoms with Gasteiger partial charge in [-0.05, 0) is 49.4 Å². The zero-order chi connectivity index (χ0) is 21.9. The van der Waals surface area contributed by atoms with E-state index < -0.39 is 15.4 Å². The van der Waals surface area contributed by atoms with E-state index in [1.165, 1.54) is 0 Å². The Morgan fingerprint density at radius 3 is 2.77 bits per heavy atom. The highest BCUT2D eigenvalue weighted by atomic mass is 32.2. The van der Waals surface area contributed by atoms with Gasteiger partial charge in [-0.1, -0.05) is 36.4 Å². The van der Waals surface area contributed by atoms with Crippen molar-refractivity contribution in [3.63, 3.8) is 0 Å². The molecular formula is C23H28N2O5S. The van der Waals surface area contributed by atoms with Crippen LogP contribution in [-0.4, -0.2) is 44.2 Å². The van der Waals surface area contributed by atoms with Gasteiger partial charge in [0.2, 0.25) is 0 Å². The highest BCUT2D eigenvalue weighted by Gasteiger charge is 2.46. The molecule has 0 aromatic heterocycles. The molecule has 0 unspecified atom stereocenters. The third kappa shape index (κ3) is 5.57. The second kappa shape index (κ2) is 8.88. The van der Waals surface area contributed by atoms with Gasteiger partial charge in [-0.25, -0.2) is 13.2 Å². The molecule has 2 N–H and O–H groups in total. The van der Waals surface area contributed by atoms with Gasteiger partial charge in [-0.2, -0.15) is 0 Å². The highest BCUT2D eigenvalue weighted by molar-refractivity contribution is 7.91. The topological polar surface area (TPSA) is 93.7 Å². The predicted molar refractivity (Wildman–Crippen MR) is 119 cm³/mol. The van der Waals surface area contributed by atoms with Crippen LogP contribution >= 0.6 is 0 Å². The first-order valence-corrected chi connectivity index (χ1v) is 12.3. The molecule has 0 radical (unpaired) electrons. The smallest absolute Gasteiger partial charge is 0.319 e. The van der Waals surface area contributed by atoms with E-state index in [9.17, 15) is 13.2 Å². The van der Waals surface area contributed by atoms with Gasteiger partial charge in [0.05, 0.1) is 22.8 Å². The zero-order valence-corrected chi connectivity index (χ0v) is 18.4. The maximum atomic E-state index is 12.7. The minimum absolute atomic E-state index is 0.0369. The van der Waals surface area contributed by atoms with E-state index in [0.29, 0.717) is 43.9 Å². The van der Waals surface area contributed by atoms with Crippen LogP contribution in [0.1, 0.15) is 30.4 Å². The first kappa shape index (κ1) is 21.6. The lowest BCUT2D eigenvalue weighted by molar-refractivity contribution is -0.0685. The van der Waals surface area contributed by atoms with Crippen molar-refractivity contribution in [2.45, 2.75) is 44.4 Å². The van der Waals surface area contributed by atoms with Crippen LogP contribution in [0, 0.1) is 6.92 Å². The Bertz CT molecular complexity index is 1040. The van der Waals surface area contributed by atoms with Gasteiger partial charge in [0, 0.05) is 12.6 Å². The van der Waals surface area contributed by atoms with Crippen molar-refractivity contribution < 1.29 is 22.7 Å². The summed E-state index contributed by atoms with van der Waals surface area (Å²) < 4.78 is 35.6. The molecule has 8 heteroatoms. The molecule has 2 aromatic rings. The number of carbonyl (C=O) groups is 1. The molecule has 0 saturated carbocycles. The fraction of sp³-hybridized carbons (Fsp3) is 0.435. The van der Waals surface area contributed by atoms with E-state index in [2.05, 4.69) is 10.6 Å². The van der Waals surface area contributed by atoms with Crippen molar-refractivity contribution in [1.82, 2.24) is 5.32 Å². The largest absolute Gasteiger partial charge is 0.487 e. The maximum absolute atomic E-state index is 12.7. The summed E-state index contributed by atoms with van der Waals surface area (Å²) in [6.07, 6.45) is 1.65. The average Bonchev–Trinajstić information content (AvgIpc) is 3.02. The van der Waals surface area contributed by atoms with Crippen LogP contribution in [0.15, 0.2) is 48.5 Å². The summed E-state index contributed by atoms with van der Waals surface area (Å²) >= 11 is 0. The van der Waals surface area contributed by atoms with Crippen LogP contribution < -0.4 is 15.4 Å². The zero-order valence-electron chi connectivity index (χ0n) is 17.6. The van der Waals surface area contributed by atoms with Gasteiger partial charge in [0.1, 0.15) is 12.4 Å². The van der Waals surface area contributed by atoms with Crippen molar-refractivity contribution in [2.24, 2.45) is 0 Å². The van der Waals surface area contributed by atoms with Crippen LogP contribution in [0.25, 0.3) is 0 Å². The van der Waals surface area contributed by atoms with E-state index in [-0.39, 0.29) is 23.6 Å². The summed E-state index contributed by atoms with van der Waals surface area (Å²) in [6, 6.07) is 15.0. The molecule has 1 spiro atoms. The molecule has 0 bridgehead atoms. The molecule has 2 fully saturated rings. The quantitative estimate of drug-likeness (QED) is 0.737. The van der Waals surface area contributed by atoms with E-state index in [1.807, 2.05) is 55.5 Å². The van der Waals surface area contributed by atoms with Gasteiger partial charge >= 0.3 is 6.03 Å². The fourth-order valence-corrected chi connectivity index (χ4v) is 6.22. The molecule has 166 valence electrons. The normalized spacial score (nSPS) is 24.6. The van der Waals surface area contributed by atoms with Gasteiger partial charge in [-0.3, -0.25) is 0 Å². The Kier molecular flexibility index (Phi) is 6.20. The number of aryl methyl sites for hydroxylation is 1. The molecule has 2 amide bonds. The van der Waals surface area contributed by atoms with Crippen molar-refractivity contribution in [2.75, 3.05) is 23.4 Å². The molecule has 2 heterocycles. The number of hydrogen-bond acceptors (Lipinski definition) is 5. The first-order chi connectivity index (χ1) is 14.8. The number of anilines is 1. The monoisotopic (exact) mass is 444 g/mol. The number of benzene rings is 2. The number of urea groups is 1. The van der Waals surface area contributed by atoms with E-state index >= 15 is 0 Å². The fourth-order valence-electron chi connectivity index (χ4n) is 4.24. The summed E-state index contributed by atoms with van der Waals surface area (Å²) in [5.74, 6) is 0.788. The summed E-state index contributed by atoms with van der Waals surface area (Å²) in [4.78, 5) is 12.7. The summed E-state index contributed by atoms with van der Waals surface area (Å²) in [5, 5.41) is 5.86. The number of nitrogens with one attached hydrogen (secondary N) is 2. The summed E-state index contributed by atoms with van der Waals surface area (Å²) in [6.45, 7) is 2.81. The third-order valence-corrected chi connectivity index (χ3v) is 7.59. The van der Waals surface area contributed by atoms with Crippen LogP contribution in [0.5, 0.6) is 5.75 Å². The maximum Gasteiger partial charge on any atom is 0.319 e. The van der Waals surface area contributed by atoms with Crippen molar-refractivity contribution in [1.29, 1.82) is 0 Å². The molecule has 2 aromatic carbocycles. The summed E-state index contributed by atoms with van der Waals surface area (Å²) in [5.41, 5.74) is 1.99. The SMILES string of the molecule is Cc1ccc(NC(=O)N[C@@H]2CCO[C@@]3(CCS(=O)(=O)C3)C2)c(OCc2ccccc2)c1. The lowest BCUT2D eigenvalue weighted by Crippen LogP contribution is -2.50. The molecule has 2 aliphatic heterocycles. The lowest BCUT2D eigenvalue weighted by atomic mass is 9.90. The molecule has 31 heavy (non-hydrogen) atoms. The van der Waals surface area contributed by atoms with Gasteiger partial charge in [0.15, 0.2) is 9.84 Å². The highest BCUT2D eigenvalue weighted by Crippen LogP contribution is 2.35. The number of carbonyl (C=O) groups excluding carboxylic acids is 1. The van der Waals surface area contributed by atoms with Gasteiger partial charge in [-0.15, -0.1) is 0 Å². The number of rotatable bonds is 5. The van der Waals surface area contributed by atoms with Crippen molar-refractivity contribution in [3.05, 3.63) is 59.7 Å². The van der Waals surface area contributed by atoms with Gasteiger partial charge in [0.25, 0.3) is 0 Å². The van der Waals surface area contributed by atoms with Crippen LogP contribution in [0.4, 0.5) is 10.5 Å². The Hall–Kier alpha value is -2.58. The van der Waals surface area contributed by atoms with E-state index in [4.69, 9.17) is 9.47 Å². The number of amides is 2. The Morgan fingerprint density at radius 2 is 2.03 bits per heavy atom. The molecule has 2 saturated heterocycles. The Balaban J connectivity index is 1.38. The lowest BCUT2D eigenvalue weighted by Gasteiger charge is -2.37. The van der Waals surface area contributed by atoms with E-state index in [0.717, 1.165) is 11.1 Å². The molecule has 4 rings (SSSR count). The summed E-state index contributed by atoms with van der Waals surface area (Å²) in [7, 11) is -3.06. The Labute approximate surface area is 183 Å². The average molecular weight is 445 g/mol. The second-order valence-corrected chi connectivity index (χ2v) is 10.6. The minimum Gasteiger partial charge on any atom is -0.487 e. The molecule has 2 atom stereocenters. The van der Waals surface area contributed by atoms with Crippen molar-refractivity contribution in [3.8, 4) is 5.75 Å². The molecule has 7 nitrogen and oxygen atoms in total. The predicted octanol–water partition coefficient (Wildman–Crippen LogP) is 3.43. The number of ether oxygens (including phenoxy) is 2. The van der Waals surface area contributed by atoms with Crippen LogP contribution in [0.3, 0.4) is 0 Å². The third-order valence-electron chi connectivity index (χ3n) is 5.80. The number of sulfone groups is 1. The van der Waals surface area contributed by atoms with Gasteiger partial charge < -0.3 is 20.1 Å². The Morgan fingerprint density at radius 1 is 1.23 bits per heavy atom. The number of hydrogen-bond donors (Lipinski definition) is 2. The minimum atomic E-state index is -3.06. The van der Waals surface area contributed by atoms with E-state index in [1.54, 1.807) is 0 Å². The second-order valence-electron chi connectivity index (χ2n) is 8.44.